The Balaban J connectivity index is 1.50. The Labute approximate surface area is 235 Å². The van der Waals surface area contributed by atoms with Crippen LogP contribution in [0.25, 0.3) is 0 Å². The summed E-state index contributed by atoms with van der Waals surface area (Å²) in [6.45, 7) is 5.25. The summed E-state index contributed by atoms with van der Waals surface area (Å²) < 4.78 is 27.8. The molecule has 0 radical (unpaired) electrons. The number of hydrogen-bond donors (Lipinski definition) is 2. The molecule has 0 aliphatic carbocycles. The molecule has 2 aliphatic heterocycles. The molecular weight excluding hydrogens is 527 g/mol. The lowest BCUT2D eigenvalue weighted by molar-refractivity contribution is -0.146. The number of anilines is 2. The Morgan fingerprint density at radius 1 is 1.12 bits per heavy atom. The van der Waals surface area contributed by atoms with Crippen molar-refractivity contribution in [1.29, 1.82) is 0 Å². The van der Waals surface area contributed by atoms with Crippen LogP contribution in [0.2, 0.25) is 18.6 Å². The highest BCUT2D eigenvalue weighted by Crippen LogP contribution is 2.60. The third-order valence-corrected chi connectivity index (χ3v) is 10.6. The summed E-state index contributed by atoms with van der Waals surface area (Å²) in [5.74, 6) is -0.354. The molecule has 3 aromatic carbocycles. The number of carbonyl (C=O) groups excluding carboxylic acids is 2. The number of hydrogen-bond acceptors (Lipinski definition) is 5. The fourth-order valence-electron chi connectivity index (χ4n) is 6.43. The van der Waals surface area contributed by atoms with E-state index in [1.54, 1.807) is 61.5 Å². The van der Waals surface area contributed by atoms with Gasteiger partial charge in [0.05, 0.1) is 25.4 Å². The average molecular weight is 563 g/mol. The molecule has 0 unspecified atom stereocenters. The molecule has 0 aromatic heterocycles. The fourth-order valence-corrected chi connectivity index (χ4v) is 8.97. The van der Waals surface area contributed by atoms with E-state index in [1.807, 2.05) is 43.3 Å². The van der Waals surface area contributed by atoms with Crippen LogP contribution >= 0.6 is 0 Å². The summed E-state index contributed by atoms with van der Waals surface area (Å²) in [7, 11) is -1.72. The molecule has 2 N–H and O–H groups in total. The second-order valence-electron chi connectivity index (χ2n) is 11.1. The van der Waals surface area contributed by atoms with Gasteiger partial charge >= 0.3 is 0 Å². The Morgan fingerprint density at radius 3 is 2.55 bits per heavy atom. The van der Waals surface area contributed by atoms with E-state index in [-0.39, 0.29) is 31.4 Å². The number of halogens is 1. The molecule has 9 heteroatoms. The quantitative estimate of drug-likeness (QED) is 0.274. The predicted molar refractivity (Wildman–Crippen MR) is 155 cm³/mol. The Bertz CT molecular complexity index is 1410. The van der Waals surface area contributed by atoms with Crippen LogP contribution in [0, 0.1) is 5.92 Å². The zero-order valence-corrected chi connectivity index (χ0v) is 24.2. The van der Waals surface area contributed by atoms with Gasteiger partial charge in [-0.1, -0.05) is 37.3 Å². The first kappa shape index (κ1) is 28.0. The second-order valence-corrected chi connectivity index (χ2v) is 14.9. The molecule has 1 saturated heterocycles. The maximum atomic E-state index is 15.7. The van der Waals surface area contributed by atoms with Gasteiger partial charge in [0.2, 0.25) is 8.41 Å². The van der Waals surface area contributed by atoms with Crippen molar-refractivity contribution in [3.05, 3.63) is 89.5 Å². The SMILES string of the molecule is COc1ccc2c(c1)[C@]1(O[C@@H](CCO)[C@H]([Si](C)(C)F)[C@H]1C)C(=O)N2Cc1cccc(NC(=O)c2ccccc2)c1. The first-order valence-corrected chi connectivity index (χ1v) is 16.5. The summed E-state index contributed by atoms with van der Waals surface area (Å²) in [6.07, 6.45) is -0.321. The number of aliphatic hydroxyl groups is 1. The van der Waals surface area contributed by atoms with E-state index in [1.165, 1.54) is 0 Å². The number of nitrogens with one attached hydrogen (secondary N) is 1. The summed E-state index contributed by atoms with van der Waals surface area (Å²) >= 11 is 0. The van der Waals surface area contributed by atoms with Crippen LogP contribution in [0.5, 0.6) is 5.75 Å². The van der Waals surface area contributed by atoms with Crippen LogP contribution in [0.3, 0.4) is 0 Å². The molecule has 1 spiro atoms. The van der Waals surface area contributed by atoms with Crippen molar-refractivity contribution in [2.24, 2.45) is 5.92 Å². The standard InChI is InChI=1S/C31H35FN2O5Si/c1-20-28(40(3,4)32)27(15-16-35)39-31(20)25-18-24(38-2)13-14-26(25)34(30(31)37)19-21-9-8-12-23(17-21)33-29(36)22-10-6-5-7-11-22/h5-14,17-18,20,27-28,35H,15-16,19H2,1-4H3,(H,33,36)/t20-,27+,28-,31+/m1/s1. The smallest absolute Gasteiger partial charge is 0.264 e. The van der Waals surface area contributed by atoms with Crippen LogP contribution in [-0.2, 0) is 21.7 Å². The van der Waals surface area contributed by atoms with E-state index in [2.05, 4.69) is 5.32 Å². The molecule has 7 nitrogen and oxygen atoms in total. The van der Waals surface area contributed by atoms with Gasteiger partial charge < -0.3 is 28.9 Å². The Morgan fingerprint density at radius 2 is 1.88 bits per heavy atom. The van der Waals surface area contributed by atoms with Crippen molar-refractivity contribution >= 4 is 31.6 Å². The zero-order valence-electron chi connectivity index (χ0n) is 23.2. The largest absolute Gasteiger partial charge is 0.497 e. The van der Waals surface area contributed by atoms with Crippen molar-refractivity contribution in [2.75, 3.05) is 23.9 Å². The van der Waals surface area contributed by atoms with E-state index in [9.17, 15) is 14.7 Å². The first-order valence-electron chi connectivity index (χ1n) is 13.5. The Kier molecular flexibility index (Phi) is 7.56. The minimum atomic E-state index is -3.28. The molecule has 210 valence electrons. The molecule has 3 aromatic rings. The minimum absolute atomic E-state index is 0.154. The van der Waals surface area contributed by atoms with Crippen LogP contribution in [0.4, 0.5) is 15.5 Å². The molecule has 2 amide bonds. The van der Waals surface area contributed by atoms with Gasteiger partial charge in [-0.2, -0.15) is 0 Å². The summed E-state index contributed by atoms with van der Waals surface area (Å²) in [6, 6.07) is 21.8. The van der Waals surface area contributed by atoms with Gasteiger partial charge in [-0.3, -0.25) is 9.59 Å². The highest BCUT2D eigenvalue weighted by molar-refractivity contribution is 6.72. The molecule has 0 bridgehead atoms. The van der Waals surface area contributed by atoms with Crippen molar-refractivity contribution in [1.82, 2.24) is 0 Å². The monoisotopic (exact) mass is 562 g/mol. The minimum Gasteiger partial charge on any atom is -0.497 e. The third kappa shape index (κ3) is 4.82. The summed E-state index contributed by atoms with van der Waals surface area (Å²) in [5.41, 5.74) is 1.45. The molecule has 5 rings (SSSR count). The van der Waals surface area contributed by atoms with Gasteiger partial charge in [0.1, 0.15) is 5.75 Å². The van der Waals surface area contributed by atoms with Gasteiger partial charge in [0.25, 0.3) is 11.8 Å². The fraction of sp³-hybridized carbons (Fsp3) is 0.355. The normalized spacial score (nSPS) is 23.9. The van der Waals surface area contributed by atoms with Gasteiger partial charge in [0.15, 0.2) is 5.60 Å². The van der Waals surface area contributed by atoms with Gasteiger partial charge in [0, 0.05) is 34.9 Å². The number of nitrogens with zero attached hydrogens (tertiary/aromatic N) is 1. The topological polar surface area (TPSA) is 88.1 Å². The number of rotatable bonds is 8. The molecule has 2 heterocycles. The Hall–Kier alpha value is -3.53. The van der Waals surface area contributed by atoms with Gasteiger partial charge in [-0.15, -0.1) is 0 Å². The van der Waals surface area contributed by atoms with Crippen molar-refractivity contribution < 1.29 is 28.3 Å². The van der Waals surface area contributed by atoms with E-state index in [4.69, 9.17) is 9.47 Å². The van der Waals surface area contributed by atoms with Crippen LogP contribution in [-0.4, -0.2) is 45.1 Å². The first-order chi connectivity index (χ1) is 19.1. The van der Waals surface area contributed by atoms with Gasteiger partial charge in [-0.25, -0.2) is 0 Å². The molecule has 0 saturated carbocycles. The van der Waals surface area contributed by atoms with Gasteiger partial charge in [-0.05, 0) is 67.5 Å². The maximum Gasteiger partial charge on any atom is 0.264 e. The van der Waals surface area contributed by atoms with Crippen LogP contribution in [0.1, 0.15) is 34.8 Å². The molecule has 40 heavy (non-hydrogen) atoms. The summed E-state index contributed by atoms with van der Waals surface area (Å²) in [4.78, 5) is 28.8. The lowest BCUT2D eigenvalue weighted by Crippen LogP contribution is -2.45. The van der Waals surface area contributed by atoms with Crippen molar-refractivity contribution in [3.63, 3.8) is 0 Å². The van der Waals surface area contributed by atoms with Crippen molar-refractivity contribution in [3.8, 4) is 5.75 Å². The third-order valence-electron chi connectivity index (χ3n) is 8.14. The number of carbonyl (C=O) groups is 2. The number of benzene rings is 3. The second kappa shape index (κ2) is 10.8. The number of methoxy groups -OCH3 is 1. The van der Waals surface area contributed by atoms with E-state index in [0.717, 1.165) is 5.56 Å². The highest BCUT2D eigenvalue weighted by Gasteiger charge is 2.66. The number of amides is 2. The maximum absolute atomic E-state index is 15.7. The lowest BCUT2D eigenvalue weighted by atomic mass is 9.82. The van der Waals surface area contributed by atoms with E-state index < -0.39 is 31.6 Å². The molecular formula is C31H35FN2O5Si. The summed E-state index contributed by atoms with van der Waals surface area (Å²) in [5, 5.41) is 12.7. The van der Waals surface area contributed by atoms with E-state index in [0.29, 0.717) is 28.3 Å². The predicted octanol–water partition coefficient (Wildman–Crippen LogP) is 5.65. The molecule has 4 atom stereocenters. The van der Waals surface area contributed by atoms with Crippen molar-refractivity contribution in [2.45, 2.75) is 50.2 Å². The highest BCUT2D eigenvalue weighted by atomic mass is 28.4. The number of aliphatic hydroxyl groups excluding tert-OH is 1. The number of ether oxygens (including phenoxy) is 2. The van der Waals surface area contributed by atoms with Crippen LogP contribution < -0.4 is 15.0 Å². The van der Waals surface area contributed by atoms with Crippen LogP contribution in [0.15, 0.2) is 72.8 Å². The zero-order chi connectivity index (χ0) is 28.7. The molecule has 1 fully saturated rings. The number of fused-ring (bicyclic) bond motifs is 2. The van der Waals surface area contributed by atoms with E-state index >= 15 is 4.11 Å². The average Bonchev–Trinajstić information content (AvgIpc) is 3.36. The lowest BCUT2D eigenvalue weighted by Gasteiger charge is -2.31. The molecule has 2 aliphatic rings.